The maximum absolute atomic E-state index is 5.52. The molecule has 2 rings (SSSR count). The molecule has 0 saturated heterocycles. The molecular formula is C24H36ClNO4. The van der Waals surface area contributed by atoms with Crippen LogP contribution in [0.25, 0.3) is 0 Å². The number of halogens is 1. The summed E-state index contributed by atoms with van der Waals surface area (Å²) in [7, 11) is 6.64. The van der Waals surface area contributed by atoms with Gasteiger partial charge in [-0.05, 0) is 47.2 Å². The van der Waals surface area contributed by atoms with Crippen molar-refractivity contribution in [1.29, 1.82) is 0 Å². The lowest BCUT2D eigenvalue weighted by Crippen LogP contribution is -2.32. The predicted molar refractivity (Wildman–Crippen MR) is 125 cm³/mol. The van der Waals surface area contributed by atoms with Gasteiger partial charge in [-0.15, -0.1) is 12.4 Å². The zero-order valence-electron chi connectivity index (χ0n) is 19.3. The number of ether oxygens (including phenoxy) is 4. The van der Waals surface area contributed by atoms with Crippen LogP contribution in [0.1, 0.15) is 50.9 Å². The van der Waals surface area contributed by atoms with Gasteiger partial charge < -0.3 is 24.3 Å². The molecule has 0 spiro atoms. The van der Waals surface area contributed by atoms with Crippen molar-refractivity contribution in [2.24, 2.45) is 11.8 Å². The molecule has 0 aromatic heterocycles. The fraction of sp³-hybridized carbons (Fsp3) is 0.500. The normalized spacial score (nSPS) is 12.9. The Labute approximate surface area is 187 Å². The van der Waals surface area contributed by atoms with Crippen molar-refractivity contribution < 1.29 is 18.9 Å². The number of hydrogen-bond donors (Lipinski definition) is 1. The van der Waals surface area contributed by atoms with Crippen LogP contribution in [0.15, 0.2) is 36.4 Å². The van der Waals surface area contributed by atoms with Gasteiger partial charge in [-0.2, -0.15) is 0 Å². The molecule has 0 bridgehead atoms. The summed E-state index contributed by atoms with van der Waals surface area (Å²) >= 11 is 0. The number of benzene rings is 2. The van der Waals surface area contributed by atoms with Crippen molar-refractivity contribution in [2.75, 3.05) is 28.4 Å². The number of hydrogen-bond acceptors (Lipinski definition) is 5. The molecule has 0 aliphatic rings. The zero-order chi connectivity index (χ0) is 21.6. The molecule has 2 aromatic rings. The van der Waals surface area contributed by atoms with Gasteiger partial charge in [0.1, 0.15) is 0 Å². The first kappa shape index (κ1) is 25.9. The topological polar surface area (TPSA) is 49.0 Å². The minimum Gasteiger partial charge on any atom is -0.493 e. The highest BCUT2D eigenvalue weighted by atomic mass is 35.5. The van der Waals surface area contributed by atoms with Crippen LogP contribution in [0.3, 0.4) is 0 Å². The third kappa shape index (κ3) is 5.96. The molecule has 6 heteroatoms. The molecule has 0 aliphatic carbocycles. The summed E-state index contributed by atoms with van der Waals surface area (Å²) in [6.45, 7) is 8.89. The van der Waals surface area contributed by atoms with Crippen LogP contribution in [0.2, 0.25) is 0 Å². The lowest BCUT2D eigenvalue weighted by molar-refractivity contribution is 0.308. The fourth-order valence-corrected chi connectivity index (χ4v) is 3.63. The Hall–Kier alpha value is -2.11. The van der Waals surface area contributed by atoms with Gasteiger partial charge in [-0.1, -0.05) is 39.8 Å². The van der Waals surface area contributed by atoms with Crippen molar-refractivity contribution in [3.8, 4) is 23.0 Å². The first-order chi connectivity index (χ1) is 13.9. The van der Waals surface area contributed by atoms with Gasteiger partial charge in [0.25, 0.3) is 0 Å². The summed E-state index contributed by atoms with van der Waals surface area (Å²) in [6.07, 6.45) is 0. The van der Waals surface area contributed by atoms with Gasteiger partial charge in [0.15, 0.2) is 23.0 Å². The van der Waals surface area contributed by atoms with E-state index in [0.29, 0.717) is 11.8 Å². The fourth-order valence-electron chi connectivity index (χ4n) is 3.63. The van der Waals surface area contributed by atoms with Crippen LogP contribution in [0.4, 0.5) is 0 Å². The van der Waals surface area contributed by atoms with E-state index in [-0.39, 0.29) is 24.5 Å². The summed E-state index contributed by atoms with van der Waals surface area (Å²) in [4.78, 5) is 0. The summed E-state index contributed by atoms with van der Waals surface area (Å²) in [5.74, 6) is 3.72. The maximum Gasteiger partial charge on any atom is 0.161 e. The quantitative estimate of drug-likeness (QED) is 0.507. The summed E-state index contributed by atoms with van der Waals surface area (Å²) in [5.41, 5.74) is 2.34. The van der Waals surface area contributed by atoms with Crippen LogP contribution >= 0.6 is 12.4 Å². The third-order valence-corrected chi connectivity index (χ3v) is 5.23. The van der Waals surface area contributed by atoms with E-state index in [0.717, 1.165) is 23.0 Å². The molecule has 2 atom stereocenters. The minimum atomic E-state index is 0. The van der Waals surface area contributed by atoms with Crippen LogP contribution in [-0.4, -0.2) is 28.4 Å². The standard InChI is InChI=1S/C24H35NO4.ClH/c1-15(2)23(17-9-11-19(26-5)21(13-17)28-7)25-24(16(3)4)18-10-12-20(27-6)22(14-18)29-8;/h9-16,23-25H,1-8H3;1H. The molecule has 5 nitrogen and oxygen atoms in total. The van der Waals surface area contributed by atoms with E-state index in [1.807, 2.05) is 12.1 Å². The van der Waals surface area contributed by atoms with E-state index < -0.39 is 0 Å². The first-order valence-corrected chi connectivity index (χ1v) is 10.1. The Morgan fingerprint density at radius 2 is 0.900 bits per heavy atom. The summed E-state index contributed by atoms with van der Waals surface area (Å²) in [5, 5.41) is 3.87. The maximum atomic E-state index is 5.52. The Morgan fingerprint density at radius 1 is 0.567 bits per heavy atom. The van der Waals surface area contributed by atoms with Gasteiger partial charge in [0.05, 0.1) is 28.4 Å². The van der Waals surface area contributed by atoms with Gasteiger partial charge in [0.2, 0.25) is 0 Å². The molecule has 30 heavy (non-hydrogen) atoms. The largest absolute Gasteiger partial charge is 0.493 e. The van der Waals surface area contributed by atoms with Crippen LogP contribution < -0.4 is 24.3 Å². The average molecular weight is 438 g/mol. The molecule has 1 N–H and O–H groups in total. The number of rotatable bonds is 10. The lowest BCUT2D eigenvalue weighted by Gasteiger charge is -2.32. The molecule has 0 aliphatic heterocycles. The molecule has 2 aromatic carbocycles. The van der Waals surface area contributed by atoms with Gasteiger partial charge in [0, 0.05) is 12.1 Å². The van der Waals surface area contributed by atoms with Crippen molar-refractivity contribution in [3.05, 3.63) is 47.5 Å². The SMILES string of the molecule is COc1ccc(C(NC(c2ccc(OC)c(OC)c2)C(C)C)C(C)C)cc1OC.Cl. The molecule has 0 radical (unpaired) electrons. The van der Waals surface area contributed by atoms with Crippen LogP contribution in [0.5, 0.6) is 23.0 Å². The first-order valence-electron chi connectivity index (χ1n) is 10.1. The van der Waals surface area contributed by atoms with Crippen molar-refractivity contribution in [1.82, 2.24) is 5.32 Å². The van der Waals surface area contributed by atoms with E-state index in [2.05, 4.69) is 57.3 Å². The smallest absolute Gasteiger partial charge is 0.161 e. The van der Waals surface area contributed by atoms with E-state index in [9.17, 15) is 0 Å². The number of nitrogens with one attached hydrogen (secondary N) is 1. The second-order valence-electron chi connectivity index (χ2n) is 7.84. The zero-order valence-corrected chi connectivity index (χ0v) is 20.1. The monoisotopic (exact) mass is 437 g/mol. The number of methoxy groups -OCH3 is 4. The van der Waals surface area contributed by atoms with E-state index in [4.69, 9.17) is 18.9 Å². The Bertz CT molecular complexity index is 729. The highest BCUT2D eigenvalue weighted by Crippen LogP contribution is 2.37. The van der Waals surface area contributed by atoms with E-state index in [1.54, 1.807) is 28.4 Å². The Balaban J connectivity index is 0.00000450. The van der Waals surface area contributed by atoms with E-state index in [1.165, 1.54) is 11.1 Å². The molecular weight excluding hydrogens is 402 g/mol. The third-order valence-electron chi connectivity index (χ3n) is 5.23. The Morgan fingerprint density at radius 3 is 1.17 bits per heavy atom. The van der Waals surface area contributed by atoms with Gasteiger partial charge in [-0.3, -0.25) is 0 Å². The highest BCUT2D eigenvalue weighted by Gasteiger charge is 2.25. The van der Waals surface area contributed by atoms with Crippen molar-refractivity contribution in [3.63, 3.8) is 0 Å². The summed E-state index contributed by atoms with van der Waals surface area (Å²) < 4.78 is 21.8. The molecule has 0 fully saturated rings. The van der Waals surface area contributed by atoms with Crippen LogP contribution in [-0.2, 0) is 0 Å². The summed E-state index contributed by atoms with van der Waals surface area (Å²) in [6, 6.07) is 12.5. The van der Waals surface area contributed by atoms with Crippen molar-refractivity contribution in [2.45, 2.75) is 39.8 Å². The molecule has 0 heterocycles. The molecule has 168 valence electrons. The van der Waals surface area contributed by atoms with Crippen molar-refractivity contribution >= 4 is 12.4 Å². The second-order valence-corrected chi connectivity index (χ2v) is 7.84. The van der Waals surface area contributed by atoms with Gasteiger partial charge in [-0.25, -0.2) is 0 Å². The lowest BCUT2D eigenvalue weighted by atomic mass is 9.90. The molecule has 2 unspecified atom stereocenters. The Kier molecular flexibility index (Phi) is 10.3. The van der Waals surface area contributed by atoms with Crippen LogP contribution in [0, 0.1) is 11.8 Å². The second kappa shape index (κ2) is 11.9. The van der Waals surface area contributed by atoms with E-state index >= 15 is 0 Å². The average Bonchev–Trinajstić information content (AvgIpc) is 2.72. The van der Waals surface area contributed by atoms with Gasteiger partial charge >= 0.3 is 0 Å². The molecule has 0 amide bonds. The highest BCUT2D eigenvalue weighted by molar-refractivity contribution is 5.85. The minimum absolute atomic E-state index is 0. The predicted octanol–water partition coefficient (Wildman–Crippen LogP) is 5.83. The molecule has 0 saturated carbocycles.